The van der Waals surface area contributed by atoms with Gasteiger partial charge in [-0.25, -0.2) is 9.59 Å². The predicted molar refractivity (Wildman–Crippen MR) is 208 cm³/mol. The molecule has 0 unspecified atom stereocenters. The van der Waals surface area contributed by atoms with E-state index >= 15 is 0 Å². The summed E-state index contributed by atoms with van der Waals surface area (Å²) in [6.07, 6.45) is 0.0726. The largest absolute Gasteiger partial charge is 1.00 e. The Morgan fingerprint density at radius 2 is 0.875 bits per heavy atom. The van der Waals surface area contributed by atoms with E-state index in [4.69, 9.17) is 39.0 Å². The van der Waals surface area contributed by atoms with Crippen LogP contribution in [0.2, 0.25) is 0 Å². The Morgan fingerprint density at radius 3 is 1.23 bits per heavy atom. The maximum Gasteiger partial charge on any atom is 1.00 e. The maximum absolute atomic E-state index is 13.4. The van der Waals surface area contributed by atoms with Gasteiger partial charge >= 0.3 is 103 Å². The Kier molecular flexibility index (Phi) is 24.8. The number of carboxylic acid groups (broad SMARTS) is 6. The van der Waals surface area contributed by atoms with Crippen molar-refractivity contribution in [1.29, 1.82) is 0 Å². The van der Waals surface area contributed by atoms with Crippen LogP contribution in [0.4, 0.5) is 0 Å². The third-order valence-electron chi connectivity index (χ3n) is 7.62. The van der Waals surface area contributed by atoms with E-state index in [0.717, 1.165) is 12.5 Å². The molecule has 24 heteroatoms. The van der Waals surface area contributed by atoms with Crippen molar-refractivity contribution < 1.29 is 154 Å². The van der Waals surface area contributed by atoms with E-state index < -0.39 is 103 Å². The van der Waals surface area contributed by atoms with Crippen LogP contribution in [-0.4, -0.2) is 94.5 Å². The molecule has 6 N–H and O–H groups in total. The van der Waals surface area contributed by atoms with E-state index in [-0.39, 0.29) is 64.7 Å². The Morgan fingerprint density at radius 1 is 0.516 bits per heavy atom. The SMILES string of the molecule is O=C(O)CC(O)(CC(=O)O)C(=O)O.O=C([O-])CC(O)(CC(=O)[O-])C(=O)O.O=S(=O)(OC=Cc1ccccc1)c1cccc(-c2ccccc2)c1S(=O)(=O)OC=Cc1ccccc1.[Na+].[Na+]. The summed E-state index contributed by atoms with van der Waals surface area (Å²) >= 11 is 0. The van der Waals surface area contributed by atoms with Crippen molar-refractivity contribution in [2.45, 2.75) is 46.7 Å². The molecular weight excluding hydrogens is 911 g/mol. The van der Waals surface area contributed by atoms with Crippen LogP contribution in [0.5, 0.6) is 0 Å². The van der Waals surface area contributed by atoms with E-state index in [1.807, 2.05) is 12.1 Å². The average Bonchev–Trinajstić information content (AvgIpc) is 3.18. The molecule has 64 heavy (non-hydrogen) atoms. The molecule has 0 aromatic heterocycles. The molecular formula is C40H36Na2O20S2. The van der Waals surface area contributed by atoms with Crippen molar-refractivity contribution in [1.82, 2.24) is 0 Å². The van der Waals surface area contributed by atoms with Gasteiger partial charge in [0.15, 0.2) is 11.2 Å². The Hall–Kier alpha value is -5.40. The number of hydrogen-bond acceptors (Lipinski definition) is 16. The molecule has 0 aliphatic heterocycles. The molecule has 0 bridgehead atoms. The van der Waals surface area contributed by atoms with Crippen molar-refractivity contribution in [3.05, 3.63) is 133 Å². The molecule has 0 amide bonds. The summed E-state index contributed by atoms with van der Waals surface area (Å²) in [6.45, 7) is 0. The van der Waals surface area contributed by atoms with Crippen LogP contribution in [0.3, 0.4) is 0 Å². The molecule has 0 fully saturated rings. The summed E-state index contributed by atoms with van der Waals surface area (Å²) < 4.78 is 63.3. The number of carbonyl (C=O) groups excluding carboxylic acids is 2. The Labute approximate surface area is 409 Å². The first-order valence-corrected chi connectivity index (χ1v) is 20.0. The van der Waals surface area contributed by atoms with Gasteiger partial charge in [-0.05, 0) is 34.9 Å². The van der Waals surface area contributed by atoms with Crippen LogP contribution in [0.25, 0.3) is 23.3 Å². The Bertz CT molecular complexity index is 2410. The molecule has 0 aliphatic carbocycles. The second kappa shape index (κ2) is 27.0. The minimum Gasteiger partial charge on any atom is -0.550 e. The van der Waals surface area contributed by atoms with Crippen molar-refractivity contribution in [2.75, 3.05) is 0 Å². The molecule has 0 heterocycles. The quantitative estimate of drug-likeness (QED) is 0.0291. The third-order valence-corrected chi connectivity index (χ3v) is 10.3. The second-order valence-corrected chi connectivity index (χ2v) is 15.5. The van der Waals surface area contributed by atoms with E-state index in [9.17, 15) is 55.8 Å². The van der Waals surface area contributed by atoms with Gasteiger partial charge in [-0.1, -0.05) is 103 Å². The van der Waals surface area contributed by atoms with Gasteiger partial charge < -0.3 is 58.8 Å². The molecule has 0 spiro atoms. The molecule has 4 rings (SSSR count). The van der Waals surface area contributed by atoms with Crippen molar-refractivity contribution in [3.8, 4) is 11.1 Å². The molecule has 4 aromatic carbocycles. The number of carbonyl (C=O) groups is 6. The van der Waals surface area contributed by atoms with Crippen LogP contribution in [0.1, 0.15) is 36.8 Å². The standard InChI is InChI=1S/C28H22O6S2.2C6H8O7.2Na/c29-35(30,33-21-19-23-11-4-1-5-12-23)27-18-10-17-26(25-15-8-3-9-16-25)28(27)36(31,32)34-22-20-24-13-6-2-7-14-24;2*7-3(8)1-6(13,5(11)12)2-4(9)10;;/h1-22H;2*13H,1-2H2,(H,7,8)(H,9,10)(H,11,12);;/q;;;2*+1/p-2. The molecule has 0 aliphatic rings. The summed E-state index contributed by atoms with van der Waals surface area (Å²) in [5.41, 5.74) is -3.50. The van der Waals surface area contributed by atoms with Gasteiger partial charge in [0.1, 0.15) is 22.3 Å². The molecule has 0 atom stereocenters. The van der Waals surface area contributed by atoms with E-state index in [1.54, 1.807) is 78.9 Å². The first kappa shape index (κ1) is 58.6. The van der Waals surface area contributed by atoms with Crippen LogP contribution in [0.15, 0.2) is 132 Å². The molecule has 0 saturated carbocycles. The summed E-state index contributed by atoms with van der Waals surface area (Å²) in [4.78, 5) is 59.6. The molecule has 4 aromatic rings. The number of carboxylic acids is 6. The zero-order valence-corrected chi connectivity index (χ0v) is 39.4. The zero-order chi connectivity index (χ0) is 46.7. The predicted octanol–water partition coefficient (Wildman–Crippen LogP) is -5.05. The fourth-order valence-electron chi connectivity index (χ4n) is 4.81. The van der Waals surface area contributed by atoms with Crippen LogP contribution < -0.4 is 69.3 Å². The third kappa shape index (κ3) is 19.6. The number of aliphatic carboxylic acids is 6. The van der Waals surface area contributed by atoms with Gasteiger partial charge in [-0.2, -0.15) is 16.8 Å². The summed E-state index contributed by atoms with van der Waals surface area (Å²) in [6, 6.07) is 30.6. The fourth-order valence-corrected chi connectivity index (χ4v) is 7.38. The van der Waals surface area contributed by atoms with Gasteiger partial charge in [-0.15, -0.1) is 0 Å². The number of rotatable bonds is 19. The number of aliphatic hydroxyl groups is 2. The summed E-state index contributed by atoms with van der Waals surface area (Å²) in [5, 5.41) is 71.0. The summed E-state index contributed by atoms with van der Waals surface area (Å²) in [5.74, 6) is -10.7. The smallest absolute Gasteiger partial charge is 0.550 e. The fraction of sp³-hybridized carbons (Fsp3) is 0.150. The van der Waals surface area contributed by atoms with Gasteiger partial charge in [0.05, 0.1) is 12.8 Å². The number of benzene rings is 4. The maximum atomic E-state index is 13.4. The summed E-state index contributed by atoms with van der Waals surface area (Å²) in [7, 11) is -9.09. The normalized spacial score (nSPS) is 11.2. The van der Waals surface area contributed by atoms with Gasteiger partial charge in [0.2, 0.25) is 0 Å². The Balaban J connectivity index is 0.00000117. The first-order valence-electron chi connectivity index (χ1n) is 17.2. The molecule has 0 saturated heterocycles. The average molecular weight is 947 g/mol. The van der Waals surface area contributed by atoms with Gasteiger partial charge in [0.25, 0.3) is 0 Å². The zero-order valence-electron chi connectivity index (χ0n) is 33.7. The van der Waals surface area contributed by atoms with Gasteiger partial charge in [-0.3, -0.25) is 9.59 Å². The van der Waals surface area contributed by atoms with E-state index in [0.29, 0.717) is 16.7 Å². The van der Waals surface area contributed by atoms with E-state index in [2.05, 4.69) is 0 Å². The van der Waals surface area contributed by atoms with Crippen LogP contribution >= 0.6 is 0 Å². The topological polar surface area (TPSA) is 357 Å². The monoisotopic (exact) mass is 946 g/mol. The van der Waals surface area contributed by atoms with Crippen LogP contribution in [0, 0.1) is 0 Å². The van der Waals surface area contributed by atoms with Gasteiger partial charge in [0, 0.05) is 30.3 Å². The van der Waals surface area contributed by atoms with Crippen molar-refractivity contribution in [3.63, 3.8) is 0 Å². The minimum absolute atomic E-state index is 0. The molecule has 20 nitrogen and oxygen atoms in total. The van der Waals surface area contributed by atoms with Crippen LogP contribution in [-0.2, 0) is 57.4 Å². The first-order chi connectivity index (χ1) is 28.9. The van der Waals surface area contributed by atoms with E-state index in [1.165, 1.54) is 30.4 Å². The molecule has 0 radical (unpaired) electrons. The van der Waals surface area contributed by atoms with Crippen molar-refractivity contribution >= 4 is 68.2 Å². The minimum atomic E-state index is -4.57. The number of hydrogen-bond donors (Lipinski definition) is 6. The second-order valence-electron chi connectivity index (χ2n) is 12.4. The molecule has 330 valence electrons. The van der Waals surface area contributed by atoms with Crippen molar-refractivity contribution in [2.24, 2.45) is 0 Å².